The van der Waals surface area contributed by atoms with E-state index in [0.717, 1.165) is 11.4 Å². The lowest BCUT2D eigenvalue weighted by atomic mass is 9.85. The van der Waals surface area contributed by atoms with Crippen molar-refractivity contribution in [1.82, 2.24) is 4.98 Å². The number of fused-ring (bicyclic) bond motifs is 5. The highest BCUT2D eigenvalue weighted by molar-refractivity contribution is 5.93. The third-order valence-electron chi connectivity index (χ3n) is 5.03. The predicted octanol–water partition coefficient (Wildman–Crippen LogP) is 1.01. The van der Waals surface area contributed by atoms with E-state index in [-0.39, 0.29) is 11.8 Å². The van der Waals surface area contributed by atoms with Crippen molar-refractivity contribution in [2.45, 2.75) is 32.2 Å². The van der Waals surface area contributed by atoms with E-state index in [2.05, 4.69) is 10.1 Å². The van der Waals surface area contributed by atoms with Crippen molar-refractivity contribution in [3.05, 3.63) is 30.1 Å². The quantitative estimate of drug-likeness (QED) is 0.703. The Hall–Kier alpha value is -1.71. The molecule has 1 aromatic heterocycles. The molecule has 98 valence electrons. The number of nitrogens with zero attached hydrogens (tertiary/aromatic N) is 3. The minimum atomic E-state index is 0.0903. The highest BCUT2D eigenvalue weighted by atomic mass is 16.3. The van der Waals surface area contributed by atoms with Gasteiger partial charge in [-0.3, -0.25) is 4.98 Å². The fraction of sp³-hybridized carbons (Fsp3) is 0.533. The van der Waals surface area contributed by atoms with Crippen LogP contribution in [0.2, 0.25) is 0 Å². The van der Waals surface area contributed by atoms with Gasteiger partial charge in [-0.05, 0) is 42.4 Å². The number of pyridine rings is 1. The van der Waals surface area contributed by atoms with Crippen molar-refractivity contribution in [3.63, 3.8) is 0 Å². The van der Waals surface area contributed by atoms with Crippen LogP contribution in [0.25, 0.3) is 0 Å². The lowest BCUT2D eigenvalue weighted by Gasteiger charge is -2.22. The average molecular weight is 255 g/mol. The summed E-state index contributed by atoms with van der Waals surface area (Å²) >= 11 is 0. The van der Waals surface area contributed by atoms with E-state index >= 15 is 0 Å². The van der Waals surface area contributed by atoms with Crippen LogP contribution in [0.5, 0.6) is 0 Å². The second-order valence-corrected chi connectivity index (χ2v) is 5.93. The van der Waals surface area contributed by atoms with Gasteiger partial charge in [0.05, 0.1) is 5.92 Å². The van der Waals surface area contributed by atoms with Crippen LogP contribution in [0, 0.1) is 17.8 Å². The van der Waals surface area contributed by atoms with Gasteiger partial charge >= 0.3 is 0 Å². The van der Waals surface area contributed by atoms with Gasteiger partial charge in [0.1, 0.15) is 5.69 Å². The number of hydrogen-bond donors (Lipinski definition) is 0. The van der Waals surface area contributed by atoms with Crippen molar-refractivity contribution in [3.8, 4) is 0 Å². The normalized spacial score (nSPS) is 38.3. The molecule has 1 aliphatic heterocycles. The lowest BCUT2D eigenvalue weighted by Crippen LogP contribution is -2.38. The number of rotatable bonds is 1. The van der Waals surface area contributed by atoms with Crippen LogP contribution in [0.4, 0.5) is 0 Å². The Morgan fingerprint density at radius 2 is 2.16 bits per heavy atom. The Morgan fingerprint density at radius 1 is 1.32 bits per heavy atom. The molecular formula is C15H17N3O. The minimum absolute atomic E-state index is 0.0903. The fourth-order valence-electron chi connectivity index (χ4n) is 4.19. The molecule has 1 aromatic rings. The van der Waals surface area contributed by atoms with Crippen LogP contribution >= 0.6 is 0 Å². The van der Waals surface area contributed by atoms with Crippen LogP contribution in [0.3, 0.4) is 0 Å². The largest absolute Gasteiger partial charge is 0.857 e. The summed E-state index contributed by atoms with van der Waals surface area (Å²) in [5.41, 5.74) is 1.93. The molecule has 4 heteroatoms. The lowest BCUT2D eigenvalue weighted by molar-refractivity contribution is -0.573. The SMILES string of the molecule is C/C(c1ccccn1)=[N+]1/N=C([O-])C2[C@@H]3CC[C@@H](C3)[C@H]21. The Balaban J connectivity index is 1.80. The molecule has 4 atom stereocenters. The number of hydrogen-bond acceptors (Lipinski definition) is 3. The first-order valence-corrected chi connectivity index (χ1v) is 7.05. The van der Waals surface area contributed by atoms with Gasteiger partial charge < -0.3 is 5.11 Å². The summed E-state index contributed by atoms with van der Waals surface area (Å²) in [4.78, 5) is 4.37. The highest BCUT2D eigenvalue weighted by Crippen LogP contribution is 2.51. The molecular weight excluding hydrogens is 238 g/mol. The molecule has 1 unspecified atom stereocenters. The summed E-state index contributed by atoms with van der Waals surface area (Å²) in [6.07, 6.45) is 5.46. The molecule has 0 radical (unpaired) electrons. The van der Waals surface area contributed by atoms with Crippen LogP contribution in [0.1, 0.15) is 31.9 Å². The second kappa shape index (κ2) is 3.89. The molecule has 2 bridgehead atoms. The number of hydrazone groups is 1. The maximum Gasteiger partial charge on any atom is 0.231 e. The average Bonchev–Trinajstić information content (AvgIpc) is 3.12. The van der Waals surface area contributed by atoms with Crippen molar-refractivity contribution in [2.24, 2.45) is 22.9 Å². The zero-order chi connectivity index (χ0) is 13.0. The molecule has 2 saturated carbocycles. The summed E-state index contributed by atoms with van der Waals surface area (Å²) in [6, 6.07) is 6.16. The molecule has 4 rings (SSSR count). The maximum absolute atomic E-state index is 12.1. The first-order chi connectivity index (χ1) is 9.25. The first kappa shape index (κ1) is 11.1. The van der Waals surface area contributed by atoms with E-state index in [1.54, 1.807) is 6.20 Å². The van der Waals surface area contributed by atoms with E-state index < -0.39 is 0 Å². The molecule has 0 saturated heterocycles. The molecule has 0 aromatic carbocycles. The van der Waals surface area contributed by atoms with Gasteiger partial charge in [-0.1, -0.05) is 10.8 Å². The summed E-state index contributed by atoms with van der Waals surface area (Å²) in [5, 5.41) is 16.5. The van der Waals surface area contributed by atoms with Crippen LogP contribution in [-0.4, -0.2) is 27.3 Å². The fourth-order valence-corrected chi connectivity index (χ4v) is 4.19. The van der Waals surface area contributed by atoms with Crippen molar-refractivity contribution >= 4 is 11.6 Å². The Kier molecular flexibility index (Phi) is 2.28. The smallest absolute Gasteiger partial charge is 0.231 e. The topological polar surface area (TPSA) is 51.3 Å². The molecule has 3 aliphatic rings. The Morgan fingerprint density at radius 3 is 2.95 bits per heavy atom. The number of aromatic nitrogens is 1. The summed E-state index contributed by atoms with van der Waals surface area (Å²) in [5.74, 6) is 1.46. The van der Waals surface area contributed by atoms with E-state index in [1.807, 2.05) is 29.8 Å². The summed E-state index contributed by atoms with van der Waals surface area (Å²) < 4.78 is 1.97. The summed E-state index contributed by atoms with van der Waals surface area (Å²) in [7, 11) is 0. The molecule has 0 amide bonds. The molecule has 19 heavy (non-hydrogen) atoms. The monoisotopic (exact) mass is 255 g/mol. The summed E-state index contributed by atoms with van der Waals surface area (Å²) in [6.45, 7) is 2.02. The Bertz CT molecular complexity index is 578. The zero-order valence-electron chi connectivity index (χ0n) is 11.0. The van der Waals surface area contributed by atoms with Gasteiger partial charge in [0.15, 0.2) is 6.04 Å². The standard InChI is InChI=1S/C15H17N3O/c1-9(12-4-2-3-7-16-12)18-14-11-6-5-10(8-11)13(14)15(19)17-18/h2-4,7,10-11,13-14H,5-6,8H2,1H3/t10-,11+,13?,14-/m1/s1. The molecule has 2 fully saturated rings. The van der Waals surface area contributed by atoms with Crippen molar-refractivity contribution < 1.29 is 9.79 Å². The van der Waals surface area contributed by atoms with Crippen LogP contribution in [0.15, 0.2) is 29.5 Å². The zero-order valence-corrected chi connectivity index (χ0v) is 11.0. The van der Waals surface area contributed by atoms with Crippen LogP contribution in [-0.2, 0) is 0 Å². The van der Waals surface area contributed by atoms with Gasteiger partial charge in [-0.2, -0.15) is 0 Å². The van der Waals surface area contributed by atoms with Gasteiger partial charge in [0.2, 0.25) is 5.71 Å². The molecule has 4 nitrogen and oxygen atoms in total. The Labute approximate surface area is 112 Å². The highest BCUT2D eigenvalue weighted by Gasteiger charge is 2.57. The van der Waals surface area contributed by atoms with Crippen molar-refractivity contribution in [1.29, 1.82) is 0 Å². The van der Waals surface area contributed by atoms with Crippen LogP contribution < -0.4 is 5.11 Å². The van der Waals surface area contributed by atoms with Gasteiger partial charge in [0, 0.05) is 24.9 Å². The minimum Gasteiger partial charge on any atom is -0.857 e. The van der Waals surface area contributed by atoms with Gasteiger partial charge in [-0.15, -0.1) is 0 Å². The third kappa shape index (κ3) is 1.49. The third-order valence-corrected chi connectivity index (χ3v) is 5.03. The van der Waals surface area contributed by atoms with E-state index in [4.69, 9.17) is 0 Å². The van der Waals surface area contributed by atoms with Gasteiger partial charge in [0.25, 0.3) is 0 Å². The molecule has 0 spiro atoms. The molecule has 2 aliphatic carbocycles. The van der Waals surface area contributed by atoms with E-state index in [1.165, 1.54) is 19.3 Å². The van der Waals surface area contributed by atoms with E-state index in [9.17, 15) is 5.11 Å². The second-order valence-electron chi connectivity index (χ2n) is 5.93. The van der Waals surface area contributed by atoms with E-state index in [0.29, 0.717) is 17.9 Å². The predicted molar refractivity (Wildman–Crippen MR) is 69.8 cm³/mol. The first-order valence-electron chi connectivity index (χ1n) is 7.05. The maximum atomic E-state index is 12.1. The van der Waals surface area contributed by atoms with Gasteiger partial charge in [-0.25, -0.2) is 0 Å². The molecule has 2 heterocycles. The molecule has 0 N–H and O–H groups in total. The van der Waals surface area contributed by atoms with Crippen molar-refractivity contribution in [2.75, 3.05) is 0 Å².